The zero-order valence-electron chi connectivity index (χ0n) is 62.3. The number of nitrogens with zero attached hydrogens (tertiary/aromatic N) is 4. The number of ether oxygens (including phenoxy) is 4. The van der Waals surface area contributed by atoms with Gasteiger partial charge in [-0.15, -0.1) is 0 Å². The third kappa shape index (κ3) is 14.2. The minimum absolute atomic E-state index is 0.0859. The average molecular weight is 1330 g/mol. The lowest BCUT2D eigenvalue weighted by atomic mass is 9.48. The summed E-state index contributed by atoms with van der Waals surface area (Å²) in [7, 11) is 0. The molecule has 0 amide bonds. The van der Waals surface area contributed by atoms with E-state index < -0.39 is 0 Å². The number of rotatable bonds is 11. The van der Waals surface area contributed by atoms with E-state index in [0.29, 0.717) is 32.3 Å². The molecule has 8 aliphatic rings. The highest BCUT2D eigenvalue weighted by Crippen LogP contribution is 2.62. The van der Waals surface area contributed by atoms with Crippen LogP contribution in [0.2, 0.25) is 0 Å². The summed E-state index contributed by atoms with van der Waals surface area (Å²) in [5.41, 5.74) is 25.7. The zero-order chi connectivity index (χ0) is 70.3. The van der Waals surface area contributed by atoms with E-state index in [1.54, 1.807) is 0 Å². The highest BCUT2D eigenvalue weighted by molar-refractivity contribution is 5.86. The van der Waals surface area contributed by atoms with E-state index in [-0.39, 0.29) is 16.2 Å². The Bertz CT molecular complexity index is 4640. The summed E-state index contributed by atoms with van der Waals surface area (Å²) in [5.74, 6) is 7.11. The first-order valence-electron chi connectivity index (χ1n) is 36.9. The maximum atomic E-state index is 6.52. The molecule has 0 radical (unpaired) electrons. The van der Waals surface area contributed by atoms with Gasteiger partial charge in [0.1, 0.15) is 23.0 Å². The first-order chi connectivity index (χ1) is 48.0. The molecule has 4 saturated carbocycles. The molecule has 0 unspecified atom stereocenters. The molecular weight excluding hydrogens is 1230 g/mol. The monoisotopic (exact) mass is 1330 g/mol. The van der Waals surface area contributed by atoms with Gasteiger partial charge in [0.25, 0.3) is 26.9 Å². The molecule has 9 aromatic carbocycles. The molecule has 4 heterocycles. The summed E-state index contributed by atoms with van der Waals surface area (Å²) in [6.07, 6.45) is 19.8. The Morgan fingerprint density at radius 1 is 0.350 bits per heavy atom. The van der Waals surface area contributed by atoms with Crippen LogP contribution in [0.4, 0.5) is 22.7 Å². The number of hydrogen-bond donors (Lipinski definition) is 0. The summed E-state index contributed by atoms with van der Waals surface area (Å²) in [4.78, 5) is 0. The number of para-hydroxylation sites is 5. The van der Waals surface area contributed by atoms with Gasteiger partial charge in [0, 0.05) is 68.6 Å². The fourth-order valence-corrected chi connectivity index (χ4v) is 17.1. The van der Waals surface area contributed by atoms with Crippen molar-refractivity contribution in [3.8, 4) is 23.0 Å². The molecule has 8 heteroatoms. The van der Waals surface area contributed by atoms with E-state index in [0.717, 1.165) is 59.0 Å². The van der Waals surface area contributed by atoms with E-state index in [1.807, 2.05) is 0 Å². The van der Waals surface area contributed by atoms with Crippen molar-refractivity contribution in [3.05, 3.63) is 271 Å². The van der Waals surface area contributed by atoms with Gasteiger partial charge < -0.3 is 18.9 Å². The van der Waals surface area contributed by atoms with E-state index in [4.69, 9.17) is 18.9 Å². The second-order valence-electron chi connectivity index (χ2n) is 31.7. The van der Waals surface area contributed by atoms with Crippen LogP contribution < -0.4 is 18.9 Å². The van der Waals surface area contributed by atoms with Crippen LogP contribution in [0, 0.1) is 66.2 Å². The predicted molar refractivity (Wildman–Crippen MR) is 412 cm³/mol. The Balaban J connectivity index is 0.000000121. The van der Waals surface area contributed by atoms with Crippen LogP contribution in [-0.2, 0) is 21.7 Å². The summed E-state index contributed by atoms with van der Waals surface area (Å²) >= 11 is 0. The molecule has 17 rings (SSSR count). The molecule has 100 heavy (non-hydrogen) atoms. The van der Waals surface area contributed by atoms with Crippen molar-refractivity contribution in [2.75, 3.05) is 26.9 Å². The van der Waals surface area contributed by atoms with Crippen molar-refractivity contribution in [2.45, 2.75) is 177 Å². The van der Waals surface area contributed by atoms with Gasteiger partial charge in [-0.05, 0) is 186 Å². The van der Waals surface area contributed by atoms with Gasteiger partial charge in [-0.2, -0.15) is 18.3 Å². The van der Waals surface area contributed by atoms with Gasteiger partial charge in [0.05, 0.1) is 22.3 Å². The molecule has 0 aromatic heterocycles. The highest BCUT2D eigenvalue weighted by Gasteiger charge is 2.53. The average Bonchev–Trinajstić information content (AvgIpc) is 0.725. The third-order valence-electron chi connectivity index (χ3n) is 23.2. The quantitative estimate of drug-likeness (QED) is 0.121. The van der Waals surface area contributed by atoms with Crippen molar-refractivity contribution < 1.29 is 37.2 Å². The fraction of sp³-hybridized carbons (Fsp3) is 0.370. The normalized spacial score (nSPS) is 19.1. The number of fused-ring (bicyclic) bond motifs is 4. The Kier molecular flexibility index (Phi) is 19.7. The van der Waals surface area contributed by atoms with E-state index in [2.05, 4.69) is 329 Å². The lowest BCUT2D eigenvalue weighted by Crippen LogP contribution is -2.49. The molecule has 514 valence electrons. The van der Waals surface area contributed by atoms with Gasteiger partial charge in [-0.25, -0.2) is 0 Å². The van der Waals surface area contributed by atoms with Gasteiger partial charge in [0.2, 0.25) is 22.7 Å². The van der Waals surface area contributed by atoms with Crippen LogP contribution in [0.25, 0.3) is 0 Å². The van der Waals surface area contributed by atoms with E-state index >= 15 is 0 Å². The van der Waals surface area contributed by atoms with E-state index in [1.165, 1.54) is 145 Å². The topological polar surface area (TPSA) is 49.0 Å². The number of hydrogen-bond acceptors (Lipinski definition) is 4. The fourth-order valence-electron chi connectivity index (χ4n) is 17.1. The zero-order valence-corrected chi connectivity index (χ0v) is 62.3. The van der Waals surface area contributed by atoms with Gasteiger partial charge in [-0.1, -0.05) is 189 Å². The number of benzene rings is 9. The minimum atomic E-state index is -0.129. The Morgan fingerprint density at radius 3 is 1.19 bits per heavy atom. The molecule has 0 N–H and O–H groups in total. The van der Waals surface area contributed by atoms with Crippen LogP contribution in [0.5, 0.6) is 23.0 Å². The van der Waals surface area contributed by atoms with Gasteiger partial charge in [0.15, 0.2) is 24.9 Å². The van der Waals surface area contributed by atoms with Crippen LogP contribution >= 0.6 is 0 Å². The second kappa shape index (κ2) is 28.5. The van der Waals surface area contributed by atoms with Crippen LogP contribution in [0.1, 0.15) is 196 Å². The molecule has 8 nitrogen and oxygen atoms in total. The summed E-state index contributed by atoms with van der Waals surface area (Å²) < 4.78 is 33.9. The summed E-state index contributed by atoms with van der Waals surface area (Å²) in [5, 5.41) is 0. The largest absolute Gasteiger partial charge is 0.435 e. The van der Waals surface area contributed by atoms with Crippen LogP contribution in [0.15, 0.2) is 182 Å². The molecule has 4 aliphatic heterocycles. The SMILES string of the molecule is CCC(C)(C)c1cc2c(c(C(C)(C)CC)c1)OC[N+](c1ccccc1C)=C2.Cc1cc2c(c(C(C)(C)c3ccccc3)c1)OC[N+](c1ccccc1C)=C2.Cc1cc2c(c(C34CC5CC(CC(C5)C3)C4)c1)OC[N+](c1ccccc1C)=C2.Cc1ccccc1[N+]1=Cc2cccc(C)c2OC1. The number of aryl methyl sites for hydroxylation is 7. The standard InChI is InChI=1S/C26H30NO.C25H26NO.C25H34NO.C16H16NO/c1-17-7-22-15-27(24-6-4-3-5-18(24)2)16-28-25(22)23(8-17)26-12-19-9-20(13-26)11-21(10-19)14-26;1-18-14-20-16-26(23-13-9-8-10-19(23)2)17-27-24(20)22(15-18)25(3,4)21-11-6-5-7-12-21;1-8-24(4,5)20-14-19-16-26(22-13-11-10-12-18(22)3)17-27-23(19)21(15-20)25(6,7)9-2;1-12-6-3-4-9-15(12)17-10-14-8-5-7-13(2)16(14)18-11-17/h3-8,15,19-21H,9-14,16H2,1-2H3;5-16H,17H2,1-4H3;10-16H,8-9,17H2,1-7H3;3-10H,11H2,1-2H3/q4*+1. The minimum Gasteiger partial charge on any atom is -0.435 e. The molecule has 0 spiro atoms. The molecule has 4 bridgehead atoms. The molecule has 4 fully saturated rings. The van der Waals surface area contributed by atoms with Crippen molar-refractivity contribution in [1.82, 2.24) is 0 Å². The lowest BCUT2D eigenvalue weighted by molar-refractivity contribution is -0.476. The van der Waals surface area contributed by atoms with Crippen molar-refractivity contribution >= 4 is 47.6 Å². The predicted octanol–water partition coefficient (Wildman–Crippen LogP) is 21.5. The maximum absolute atomic E-state index is 6.52. The second-order valence-corrected chi connectivity index (χ2v) is 31.7. The van der Waals surface area contributed by atoms with Crippen LogP contribution in [-0.4, -0.2) is 70.1 Å². The van der Waals surface area contributed by atoms with Crippen molar-refractivity contribution in [3.63, 3.8) is 0 Å². The molecule has 9 aromatic rings. The first kappa shape index (κ1) is 69.3. The van der Waals surface area contributed by atoms with Crippen LogP contribution in [0.3, 0.4) is 0 Å². The smallest absolute Gasteiger partial charge is 0.292 e. The molecular formula is C92H106N4O4+4. The summed E-state index contributed by atoms with van der Waals surface area (Å²) in [6, 6.07) is 64.7. The van der Waals surface area contributed by atoms with E-state index in [9.17, 15) is 0 Å². The molecule has 0 atom stereocenters. The molecule has 0 saturated heterocycles. The Morgan fingerprint density at radius 2 is 0.730 bits per heavy atom. The lowest BCUT2D eigenvalue weighted by Gasteiger charge is -2.57. The Labute approximate surface area is 597 Å². The Hall–Kier alpha value is -9.14. The van der Waals surface area contributed by atoms with Crippen molar-refractivity contribution in [2.24, 2.45) is 17.8 Å². The summed E-state index contributed by atoms with van der Waals surface area (Å²) in [6.45, 7) is 35.7. The van der Waals surface area contributed by atoms with Gasteiger partial charge >= 0.3 is 0 Å². The first-order valence-corrected chi connectivity index (χ1v) is 36.9. The molecule has 4 aliphatic carbocycles. The third-order valence-corrected chi connectivity index (χ3v) is 23.2. The van der Waals surface area contributed by atoms with Gasteiger partial charge in [-0.3, -0.25) is 0 Å². The highest BCUT2D eigenvalue weighted by atomic mass is 16.5. The van der Waals surface area contributed by atoms with Crippen molar-refractivity contribution in [1.29, 1.82) is 0 Å². The maximum Gasteiger partial charge on any atom is 0.292 e.